The number of halogens is 1. The van der Waals surface area contributed by atoms with Crippen LogP contribution in [0.5, 0.6) is 11.5 Å². The number of carbonyl (C=O) groups is 1. The molecule has 178 valence electrons. The first-order valence-corrected chi connectivity index (χ1v) is 11.6. The summed E-state index contributed by atoms with van der Waals surface area (Å²) < 4.78 is 15.6. The number of rotatable bonds is 9. The summed E-state index contributed by atoms with van der Waals surface area (Å²) in [7, 11) is 3.32. The van der Waals surface area contributed by atoms with E-state index >= 15 is 0 Å². The number of hydrogen-bond donors (Lipinski definition) is 1. The lowest BCUT2D eigenvalue weighted by Crippen LogP contribution is -2.29. The van der Waals surface area contributed by atoms with Crippen molar-refractivity contribution >= 4 is 29.7 Å². The second-order valence-corrected chi connectivity index (χ2v) is 9.34. The predicted octanol–water partition coefficient (Wildman–Crippen LogP) is 6.02. The molecule has 1 unspecified atom stereocenters. The number of hydrogen-bond acceptors (Lipinski definition) is 6. The van der Waals surface area contributed by atoms with Gasteiger partial charge in [0.25, 0.3) is 0 Å². The topological polar surface area (TPSA) is 74.4 Å². The molecule has 0 aliphatic carbocycles. The number of nitrogens with zero attached hydrogens (tertiary/aromatic N) is 1. The van der Waals surface area contributed by atoms with E-state index in [1.807, 2.05) is 38.2 Å². The monoisotopic (exact) mass is 488 g/mol. The minimum Gasteiger partial charge on any atom is -0.496 e. The van der Waals surface area contributed by atoms with Crippen molar-refractivity contribution in [1.29, 1.82) is 0 Å². The van der Waals surface area contributed by atoms with Gasteiger partial charge >= 0.3 is 0 Å². The van der Waals surface area contributed by atoms with Gasteiger partial charge in [0.2, 0.25) is 0 Å². The van der Waals surface area contributed by atoms with Gasteiger partial charge in [0.1, 0.15) is 17.3 Å². The molecule has 33 heavy (non-hydrogen) atoms. The summed E-state index contributed by atoms with van der Waals surface area (Å²) in [6.07, 6.45) is 2.53. The van der Waals surface area contributed by atoms with Crippen LogP contribution in [0.1, 0.15) is 37.0 Å². The normalized spacial score (nSPS) is 11.8. The second kappa shape index (κ2) is 11.6. The van der Waals surface area contributed by atoms with Crippen LogP contribution < -0.4 is 15.2 Å². The van der Waals surface area contributed by atoms with E-state index in [1.54, 1.807) is 14.2 Å². The van der Waals surface area contributed by atoms with Gasteiger partial charge in [-0.1, -0.05) is 26.0 Å². The van der Waals surface area contributed by atoms with Crippen molar-refractivity contribution < 1.29 is 14.3 Å². The fourth-order valence-electron chi connectivity index (χ4n) is 3.69. The van der Waals surface area contributed by atoms with E-state index in [4.69, 9.17) is 15.2 Å². The molecular formula is C26H33ClN2O3S. The molecule has 0 spiro atoms. The van der Waals surface area contributed by atoms with Crippen molar-refractivity contribution in [3.05, 3.63) is 53.2 Å². The lowest BCUT2D eigenvalue weighted by atomic mass is 9.94. The smallest absolute Gasteiger partial charge is 0.138 e. The molecule has 1 atom stereocenters. The quantitative estimate of drug-likeness (QED) is 0.398. The highest BCUT2D eigenvalue weighted by atomic mass is 35.5. The number of benzene rings is 2. The van der Waals surface area contributed by atoms with Gasteiger partial charge in [-0.2, -0.15) is 4.37 Å². The van der Waals surface area contributed by atoms with Gasteiger partial charge in [-0.25, -0.2) is 0 Å². The van der Waals surface area contributed by atoms with Crippen molar-refractivity contribution in [2.45, 2.75) is 46.6 Å². The predicted molar refractivity (Wildman–Crippen MR) is 139 cm³/mol. The summed E-state index contributed by atoms with van der Waals surface area (Å²) in [5.41, 5.74) is 12.4. The van der Waals surface area contributed by atoms with Gasteiger partial charge < -0.3 is 15.2 Å². The minimum atomic E-state index is -0.135. The van der Waals surface area contributed by atoms with Crippen molar-refractivity contribution in [3.63, 3.8) is 0 Å². The van der Waals surface area contributed by atoms with Crippen LogP contribution in [0.2, 0.25) is 0 Å². The Morgan fingerprint density at radius 3 is 2.39 bits per heavy atom. The average Bonchev–Trinajstić information content (AvgIpc) is 3.25. The standard InChI is InChI=1S/C26H32N2O3S.ClH/c1-15(2)23(27)13-21(29)11-19-10-18(7-8-24(19)30-5)22-14-28-32-26(22)20-9-16(3)17(4)25(12-20)31-6;/h7-10,12,14-15,23H,11,13,27H2,1-6H3;1H. The molecule has 0 fully saturated rings. The molecule has 0 saturated carbocycles. The highest BCUT2D eigenvalue weighted by Crippen LogP contribution is 2.39. The number of aryl methyl sites for hydroxylation is 1. The van der Waals surface area contributed by atoms with Crippen LogP contribution in [-0.4, -0.2) is 30.4 Å². The number of ketones is 1. The van der Waals surface area contributed by atoms with Crippen LogP contribution >= 0.6 is 23.9 Å². The molecule has 3 rings (SSSR count). The number of carbonyl (C=O) groups excluding carboxylic acids is 1. The van der Waals surface area contributed by atoms with E-state index in [2.05, 4.69) is 30.4 Å². The van der Waals surface area contributed by atoms with Crippen molar-refractivity contribution in [2.75, 3.05) is 14.2 Å². The van der Waals surface area contributed by atoms with Gasteiger partial charge in [0.15, 0.2) is 0 Å². The molecular weight excluding hydrogens is 456 g/mol. The number of nitrogens with two attached hydrogens (primary N) is 1. The fourth-order valence-corrected chi connectivity index (χ4v) is 4.45. The fraction of sp³-hybridized carbons (Fsp3) is 0.385. The second-order valence-electron chi connectivity index (χ2n) is 8.54. The summed E-state index contributed by atoms with van der Waals surface area (Å²) in [5, 5.41) is 0. The van der Waals surface area contributed by atoms with Crippen molar-refractivity contribution in [3.8, 4) is 33.1 Å². The molecule has 0 radical (unpaired) electrons. The van der Waals surface area contributed by atoms with Crippen molar-refractivity contribution in [2.24, 2.45) is 11.7 Å². The Balaban J connectivity index is 0.00000385. The number of methoxy groups -OCH3 is 2. The Kier molecular flexibility index (Phi) is 9.46. The third-order valence-electron chi connectivity index (χ3n) is 5.97. The van der Waals surface area contributed by atoms with Gasteiger partial charge in [-0.05, 0) is 71.8 Å². The largest absolute Gasteiger partial charge is 0.496 e. The molecule has 3 aromatic rings. The Morgan fingerprint density at radius 1 is 1.06 bits per heavy atom. The summed E-state index contributed by atoms with van der Waals surface area (Å²) in [6.45, 7) is 8.21. The van der Waals surface area contributed by atoms with Crippen LogP contribution in [0.3, 0.4) is 0 Å². The molecule has 0 saturated heterocycles. The Morgan fingerprint density at radius 2 is 1.76 bits per heavy atom. The lowest BCUT2D eigenvalue weighted by Gasteiger charge is -2.16. The molecule has 0 aliphatic heterocycles. The van der Waals surface area contributed by atoms with Crippen LogP contribution in [-0.2, 0) is 11.2 Å². The summed E-state index contributed by atoms with van der Waals surface area (Å²) in [5.74, 6) is 1.95. The molecule has 5 nitrogen and oxygen atoms in total. The van der Waals surface area contributed by atoms with E-state index in [0.29, 0.717) is 18.6 Å². The maximum Gasteiger partial charge on any atom is 0.138 e. The Hall–Kier alpha value is -2.41. The number of Topliss-reactive ketones (excluding diaryl/α,β-unsaturated/α-hetero) is 1. The summed E-state index contributed by atoms with van der Waals surface area (Å²) in [6, 6.07) is 10.0. The lowest BCUT2D eigenvalue weighted by molar-refractivity contribution is -0.119. The van der Waals surface area contributed by atoms with Crippen LogP contribution in [0, 0.1) is 19.8 Å². The molecule has 7 heteroatoms. The average molecular weight is 489 g/mol. The molecule has 0 bridgehead atoms. The van der Waals surface area contributed by atoms with E-state index in [1.165, 1.54) is 17.1 Å². The first-order chi connectivity index (χ1) is 15.2. The summed E-state index contributed by atoms with van der Waals surface area (Å²) >= 11 is 1.45. The van der Waals surface area contributed by atoms with E-state index in [0.717, 1.165) is 38.4 Å². The van der Waals surface area contributed by atoms with E-state index in [-0.39, 0.29) is 30.2 Å². The summed E-state index contributed by atoms with van der Waals surface area (Å²) in [4.78, 5) is 13.7. The van der Waals surface area contributed by atoms with Crippen LogP contribution in [0.4, 0.5) is 0 Å². The molecule has 0 aliphatic rings. The third-order valence-corrected chi connectivity index (χ3v) is 6.82. The molecule has 2 N–H and O–H groups in total. The molecule has 1 aromatic heterocycles. The van der Waals surface area contributed by atoms with Gasteiger partial charge in [0.05, 0.1) is 19.1 Å². The maximum atomic E-state index is 12.7. The SMILES string of the molecule is COc1ccc(-c2cnsc2-c2cc(C)c(C)c(OC)c2)cc1CC(=O)CC(N)C(C)C.Cl. The van der Waals surface area contributed by atoms with Crippen LogP contribution in [0.15, 0.2) is 36.5 Å². The highest BCUT2D eigenvalue weighted by Gasteiger charge is 2.18. The zero-order valence-corrected chi connectivity index (χ0v) is 21.7. The van der Waals surface area contributed by atoms with Gasteiger partial charge in [0, 0.05) is 36.2 Å². The van der Waals surface area contributed by atoms with Crippen molar-refractivity contribution in [1.82, 2.24) is 4.37 Å². The maximum absolute atomic E-state index is 12.7. The van der Waals surface area contributed by atoms with Gasteiger partial charge in [-0.3, -0.25) is 4.79 Å². The number of aromatic nitrogens is 1. The van der Waals surface area contributed by atoms with E-state index in [9.17, 15) is 4.79 Å². The zero-order chi connectivity index (χ0) is 23.4. The first-order valence-electron chi connectivity index (χ1n) is 10.8. The molecule has 0 amide bonds. The zero-order valence-electron chi connectivity index (χ0n) is 20.1. The molecule has 1 heterocycles. The van der Waals surface area contributed by atoms with E-state index < -0.39 is 0 Å². The Labute approximate surface area is 206 Å². The first kappa shape index (κ1) is 26.8. The van der Waals surface area contributed by atoms with Gasteiger partial charge in [-0.15, -0.1) is 12.4 Å². The van der Waals surface area contributed by atoms with Crippen LogP contribution in [0.25, 0.3) is 21.6 Å². The highest BCUT2D eigenvalue weighted by molar-refractivity contribution is 7.10. The third kappa shape index (κ3) is 6.14. The molecule has 2 aromatic carbocycles. The number of ether oxygens (including phenoxy) is 2. The Bertz CT molecular complexity index is 1110. The minimum absolute atomic E-state index is 0.